The van der Waals surface area contributed by atoms with Crippen LogP contribution in [0.3, 0.4) is 0 Å². The molecule has 8 nitrogen and oxygen atoms in total. The Morgan fingerprint density at radius 1 is 0.804 bits per heavy atom. The second kappa shape index (κ2) is 13.4. The summed E-state index contributed by atoms with van der Waals surface area (Å²) in [5, 5.41) is 14.4. The monoisotopic (exact) mass is 612 g/mol. The molecular weight excluding hydrogens is 579 g/mol. The lowest BCUT2D eigenvalue weighted by atomic mass is 9.84. The van der Waals surface area contributed by atoms with Gasteiger partial charge in [-0.25, -0.2) is 4.39 Å². The Morgan fingerprint density at radius 2 is 1.43 bits per heavy atom. The molecule has 9 heteroatoms. The molecule has 0 spiro atoms. The van der Waals surface area contributed by atoms with Gasteiger partial charge in [0.15, 0.2) is 0 Å². The van der Waals surface area contributed by atoms with Gasteiger partial charge in [0.2, 0.25) is 5.91 Å². The Bertz CT molecular complexity index is 1910. The zero-order valence-corrected chi connectivity index (χ0v) is 25.5. The predicted molar refractivity (Wildman–Crippen MR) is 176 cm³/mol. The lowest BCUT2D eigenvalue weighted by Gasteiger charge is -2.28. The maximum Gasteiger partial charge on any atom is 0.270 e. The molecule has 46 heavy (non-hydrogen) atoms. The number of aromatic nitrogens is 4. The highest BCUT2D eigenvalue weighted by Gasteiger charge is 2.33. The van der Waals surface area contributed by atoms with Crippen molar-refractivity contribution < 1.29 is 14.0 Å². The number of amides is 2. The molecule has 2 aromatic heterocycles. The first-order valence-corrected chi connectivity index (χ1v) is 14.9. The molecule has 6 aromatic rings. The summed E-state index contributed by atoms with van der Waals surface area (Å²) in [5.41, 5.74) is 5.20. The molecule has 0 radical (unpaired) electrons. The molecule has 2 amide bonds. The van der Waals surface area contributed by atoms with Crippen molar-refractivity contribution in [3.05, 3.63) is 162 Å². The molecule has 0 aliphatic carbocycles. The maximum absolute atomic E-state index is 15.7. The third-order valence-electron chi connectivity index (χ3n) is 8.08. The fourth-order valence-corrected chi connectivity index (χ4v) is 5.67. The number of hydrogen-bond acceptors (Lipinski definition) is 4. The van der Waals surface area contributed by atoms with Crippen LogP contribution in [-0.2, 0) is 18.4 Å². The van der Waals surface area contributed by atoms with E-state index in [1.54, 1.807) is 31.4 Å². The maximum atomic E-state index is 15.7. The van der Waals surface area contributed by atoms with Crippen molar-refractivity contribution >= 4 is 17.5 Å². The molecule has 0 fully saturated rings. The Morgan fingerprint density at radius 3 is 2.02 bits per heavy atom. The first kappa shape index (κ1) is 30.2. The standard InChI is InChI=1S/C37H33FN6O2/c1-25-31(23-40-44(25)24-26-12-6-3-7-13-26)30-19-18-29(22-32(30)38)41-37(46)35(42-36(45)33-20-21-39-43(33)2)34(27-14-8-4-9-15-27)28-16-10-5-11-17-28/h3-23,34-35H,24H2,1-2H3,(H,41,46)(H,42,45)/t35-/m0/s1. The first-order chi connectivity index (χ1) is 22.4. The molecule has 2 N–H and O–H groups in total. The zero-order chi connectivity index (χ0) is 32.0. The molecule has 0 saturated carbocycles. The number of carbonyl (C=O) groups is 2. The van der Waals surface area contributed by atoms with Gasteiger partial charge < -0.3 is 10.6 Å². The van der Waals surface area contributed by atoms with Gasteiger partial charge in [0.25, 0.3) is 5.91 Å². The van der Waals surface area contributed by atoms with Crippen molar-refractivity contribution in [2.45, 2.75) is 25.4 Å². The number of anilines is 1. The first-order valence-electron chi connectivity index (χ1n) is 14.9. The molecule has 0 unspecified atom stereocenters. The van der Waals surface area contributed by atoms with Gasteiger partial charge in [-0.1, -0.05) is 91.0 Å². The minimum absolute atomic E-state index is 0.264. The summed E-state index contributed by atoms with van der Waals surface area (Å²) in [7, 11) is 1.66. The quantitative estimate of drug-likeness (QED) is 0.189. The van der Waals surface area contributed by atoms with Crippen LogP contribution in [0.5, 0.6) is 0 Å². The fourth-order valence-electron chi connectivity index (χ4n) is 5.67. The molecule has 230 valence electrons. The van der Waals surface area contributed by atoms with Gasteiger partial charge in [0.1, 0.15) is 17.6 Å². The van der Waals surface area contributed by atoms with Crippen LogP contribution in [0, 0.1) is 12.7 Å². The number of hydrogen-bond donors (Lipinski definition) is 2. The highest BCUT2D eigenvalue weighted by molar-refractivity contribution is 6.01. The van der Waals surface area contributed by atoms with E-state index in [0.29, 0.717) is 23.4 Å². The van der Waals surface area contributed by atoms with E-state index in [0.717, 1.165) is 22.4 Å². The van der Waals surface area contributed by atoms with Gasteiger partial charge in [-0.2, -0.15) is 10.2 Å². The number of nitrogens with zero attached hydrogens (tertiary/aromatic N) is 4. The van der Waals surface area contributed by atoms with E-state index in [2.05, 4.69) is 20.8 Å². The summed E-state index contributed by atoms with van der Waals surface area (Å²) in [5.74, 6) is -1.99. The van der Waals surface area contributed by atoms with Gasteiger partial charge in [0, 0.05) is 41.7 Å². The fraction of sp³-hybridized carbons (Fsp3) is 0.135. The number of benzene rings is 4. The van der Waals surface area contributed by atoms with Gasteiger partial charge in [0.05, 0.1) is 12.7 Å². The zero-order valence-electron chi connectivity index (χ0n) is 25.5. The summed E-state index contributed by atoms with van der Waals surface area (Å²) in [6.07, 6.45) is 3.18. The molecular formula is C37H33FN6O2. The molecule has 0 saturated heterocycles. The molecule has 1 atom stereocenters. The minimum atomic E-state index is -1.05. The van der Waals surface area contributed by atoms with Crippen LogP contribution in [0.15, 0.2) is 128 Å². The van der Waals surface area contributed by atoms with Crippen LogP contribution < -0.4 is 10.6 Å². The second-order valence-electron chi connectivity index (χ2n) is 11.1. The largest absolute Gasteiger partial charge is 0.338 e. The minimum Gasteiger partial charge on any atom is -0.338 e. The molecule has 2 heterocycles. The van der Waals surface area contributed by atoms with Gasteiger partial charge >= 0.3 is 0 Å². The smallest absolute Gasteiger partial charge is 0.270 e. The lowest BCUT2D eigenvalue weighted by molar-refractivity contribution is -0.118. The van der Waals surface area contributed by atoms with Crippen molar-refractivity contribution in [3.8, 4) is 11.1 Å². The van der Waals surface area contributed by atoms with E-state index >= 15 is 4.39 Å². The average molecular weight is 613 g/mol. The summed E-state index contributed by atoms with van der Waals surface area (Å²) < 4.78 is 18.9. The Hall–Kier alpha value is -5.83. The number of nitrogens with one attached hydrogen (secondary N) is 2. The molecule has 0 bridgehead atoms. The van der Waals surface area contributed by atoms with E-state index in [-0.39, 0.29) is 5.69 Å². The molecule has 4 aromatic carbocycles. The third-order valence-corrected chi connectivity index (χ3v) is 8.08. The van der Waals surface area contributed by atoms with Crippen LogP contribution in [0.1, 0.15) is 38.8 Å². The van der Waals surface area contributed by atoms with Gasteiger partial charge in [-0.3, -0.25) is 19.0 Å². The molecule has 0 aliphatic rings. The van der Waals surface area contributed by atoms with Crippen molar-refractivity contribution in [1.29, 1.82) is 0 Å². The van der Waals surface area contributed by atoms with Crippen LogP contribution in [0.4, 0.5) is 10.1 Å². The topological polar surface area (TPSA) is 93.8 Å². The van der Waals surface area contributed by atoms with Gasteiger partial charge in [-0.05, 0) is 47.9 Å². The van der Waals surface area contributed by atoms with E-state index in [1.165, 1.54) is 16.9 Å². The Labute approximate surface area is 266 Å². The number of aryl methyl sites for hydroxylation is 1. The normalized spacial score (nSPS) is 11.7. The van der Waals surface area contributed by atoms with Crippen LogP contribution in [-0.4, -0.2) is 37.4 Å². The lowest BCUT2D eigenvalue weighted by Crippen LogP contribution is -2.48. The predicted octanol–water partition coefficient (Wildman–Crippen LogP) is 6.35. The number of rotatable bonds is 10. The number of carbonyl (C=O) groups excluding carboxylic acids is 2. The van der Waals surface area contributed by atoms with E-state index < -0.39 is 29.6 Å². The van der Waals surface area contributed by atoms with E-state index in [1.807, 2.05) is 103 Å². The van der Waals surface area contributed by atoms with E-state index in [4.69, 9.17) is 0 Å². The Balaban J connectivity index is 1.30. The van der Waals surface area contributed by atoms with Crippen molar-refractivity contribution in [1.82, 2.24) is 24.9 Å². The molecule has 0 aliphatic heterocycles. The summed E-state index contributed by atoms with van der Waals surface area (Å²) in [4.78, 5) is 27.5. The van der Waals surface area contributed by atoms with Crippen LogP contribution >= 0.6 is 0 Å². The molecule has 6 rings (SSSR count). The Kier molecular flexibility index (Phi) is 8.82. The summed E-state index contributed by atoms with van der Waals surface area (Å²) >= 11 is 0. The van der Waals surface area contributed by atoms with E-state index in [9.17, 15) is 9.59 Å². The average Bonchev–Trinajstić information content (AvgIpc) is 3.67. The van der Waals surface area contributed by atoms with Crippen LogP contribution in [0.25, 0.3) is 11.1 Å². The van der Waals surface area contributed by atoms with Crippen molar-refractivity contribution in [2.75, 3.05) is 5.32 Å². The van der Waals surface area contributed by atoms with Gasteiger partial charge in [-0.15, -0.1) is 0 Å². The van der Waals surface area contributed by atoms with Crippen molar-refractivity contribution in [2.24, 2.45) is 7.05 Å². The number of halogens is 1. The highest BCUT2D eigenvalue weighted by Crippen LogP contribution is 2.31. The summed E-state index contributed by atoms with van der Waals surface area (Å²) in [6.45, 7) is 2.47. The van der Waals surface area contributed by atoms with Crippen molar-refractivity contribution in [3.63, 3.8) is 0 Å². The SMILES string of the molecule is Cc1c(-c2ccc(NC(=O)[C@@H](NC(=O)c3ccnn3C)C(c3ccccc3)c3ccccc3)cc2F)cnn1Cc1ccccc1. The van der Waals surface area contributed by atoms with Crippen LogP contribution in [0.2, 0.25) is 0 Å². The second-order valence-corrected chi connectivity index (χ2v) is 11.1. The highest BCUT2D eigenvalue weighted by atomic mass is 19.1. The summed E-state index contributed by atoms with van der Waals surface area (Å²) in [6, 6.07) is 34.1. The third kappa shape index (κ3) is 6.49.